The fourth-order valence-corrected chi connectivity index (χ4v) is 2.63. The van der Waals surface area contributed by atoms with Crippen LogP contribution in [0.2, 0.25) is 0 Å². The van der Waals surface area contributed by atoms with Gasteiger partial charge >= 0.3 is 0 Å². The normalized spacial score (nSPS) is 34.9. The van der Waals surface area contributed by atoms with Gasteiger partial charge in [0.25, 0.3) is 0 Å². The summed E-state index contributed by atoms with van der Waals surface area (Å²) in [6, 6.07) is 0. The molecule has 1 aliphatic carbocycles. The predicted molar refractivity (Wildman–Crippen MR) is 62.6 cm³/mol. The van der Waals surface area contributed by atoms with E-state index in [0.29, 0.717) is 0 Å². The molecule has 0 unspecified atom stereocenters. The van der Waals surface area contributed by atoms with Crippen molar-refractivity contribution in [2.45, 2.75) is 58.2 Å². The van der Waals surface area contributed by atoms with Crippen LogP contribution in [0.1, 0.15) is 46.5 Å². The first-order valence-electron chi connectivity index (χ1n) is 6.05. The minimum Gasteiger partial charge on any atom is -0.392 e. The lowest BCUT2D eigenvalue weighted by atomic mass is 9.70. The van der Waals surface area contributed by atoms with Gasteiger partial charge in [0.15, 0.2) is 0 Å². The van der Waals surface area contributed by atoms with Crippen molar-refractivity contribution in [1.29, 1.82) is 0 Å². The second-order valence-electron chi connectivity index (χ2n) is 5.08. The topological polar surface area (TPSA) is 40.5 Å². The molecular formula is C13H24O2. The van der Waals surface area contributed by atoms with Crippen LogP contribution in [0.3, 0.4) is 0 Å². The summed E-state index contributed by atoms with van der Waals surface area (Å²) < 4.78 is 0. The predicted octanol–water partition coefficient (Wildman–Crippen LogP) is 2.50. The van der Waals surface area contributed by atoms with E-state index in [1.54, 1.807) is 0 Å². The Labute approximate surface area is 93.0 Å². The lowest BCUT2D eigenvalue weighted by Crippen LogP contribution is -2.46. The molecule has 1 saturated carbocycles. The third-order valence-electron chi connectivity index (χ3n) is 3.54. The molecular weight excluding hydrogens is 188 g/mol. The Kier molecular flexibility index (Phi) is 4.35. The zero-order chi connectivity index (χ0) is 11.5. The van der Waals surface area contributed by atoms with Crippen LogP contribution in [0.25, 0.3) is 0 Å². The van der Waals surface area contributed by atoms with Gasteiger partial charge in [-0.15, -0.1) is 0 Å². The van der Waals surface area contributed by atoms with Crippen molar-refractivity contribution in [2.75, 3.05) is 0 Å². The maximum atomic E-state index is 10.5. The fourth-order valence-electron chi connectivity index (χ4n) is 2.63. The van der Waals surface area contributed by atoms with Crippen LogP contribution in [-0.4, -0.2) is 21.9 Å². The molecule has 0 aliphatic heterocycles. The summed E-state index contributed by atoms with van der Waals surface area (Å²) in [6.07, 6.45) is 7.25. The standard InChI is InChI=1S/C13H24O2/c1-4-8-13(15)9-6-5-7-11(13)12(14)10(2)3/h4,8,10-12,14-15H,5-7,9H2,1-3H3/b8-4+/t11-,12-,13+/m1/s1. The van der Waals surface area contributed by atoms with Gasteiger partial charge in [-0.05, 0) is 25.7 Å². The number of allylic oxidation sites excluding steroid dienone is 1. The Balaban J connectivity index is 2.82. The summed E-state index contributed by atoms with van der Waals surface area (Å²) in [5.41, 5.74) is -0.781. The second kappa shape index (κ2) is 5.13. The highest BCUT2D eigenvalue weighted by Gasteiger charge is 2.41. The highest BCUT2D eigenvalue weighted by Crippen LogP contribution is 2.38. The Bertz CT molecular complexity index is 223. The lowest BCUT2D eigenvalue weighted by Gasteiger charge is -2.41. The summed E-state index contributed by atoms with van der Waals surface area (Å²) in [6.45, 7) is 5.94. The molecule has 1 rings (SSSR count). The minimum atomic E-state index is -0.781. The van der Waals surface area contributed by atoms with Gasteiger partial charge in [-0.3, -0.25) is 0 Å². The van der Waals surface area contributed by atoms with E-state index < -0.39 is 11.7 Å². The number of hydrogen-bond donors (Lipinski definition) is 2. The van der Waals surface area contributed by atoms with Crippen molar-refractivity contribution < 1.29 is 10.2 Å². The summed E-state index contributed by atoms with van der Waals surface area (Å²) in [5, 5.41) is 20.6. The fraction of sp³-hybridized carbons (Fsp3) is 0.846. The first-order valence-corrected chi connectivity index (χ1v) is 6.05. The maximum Gasteiger partial charge on any atom is 0.0880 e. The average Bonchev–Trinajstić information content (AvgIpc) is 2.17. The number of hydrogen-bond acceptors (Lipinski definition) is 2. The molecule has 15 heavy (non-hydrogen) atoms. The number of rotatable bonds is 3. The molecule has 0 heterocycles. The van der Waals surface area contributed by atoms with Crippen molar-refractivity contribution in [3.8, 4) is 0 Å². The highest BCUT2D eigenvalue weighted by atomic mass is 16.3. The molecule has 0 bridgehead atoms. The van der Waals surface area contributed by atoms with Crippen LogP contribution in [0.5, 0.6) is 0 Å². The molecule has 0 amide bonds. The van der Waals surface area contributed by atoms with E-state index in [2.05, 4.69) is 0 Å². The van der Waals surface area contributed by atoms with Gasteiger partial charge in [-0.1, -0.05) is 38.8 Å². The molecule has 2 N–H and O–H groups in total. The second-order valence-corrected chi connectivity index (χ2v) is 5.08. The van der Waals surface area contributed by atoms with Gasteiger partial charge in [0.2, 0.25) is 0 Å². The molecule has 0 spiro atoms. The van der Waals surface area contributed by atoms with E-state index in [9.17, 15) is 10.2 Å². The van der Waals surface area contributed by atoms with E-state index in [1.807, 2.05) is 32.9 Å². The van der Waals surface area contributed by atoms with E-state index in [4.69, 9.17) is 0 Å². The molecule has 0 radical (unpaired) electrons. The van der Waals surface area contributed by atoms with Gasteiger partial charge < -0.3 is 10.2 Å². The van der Waals surface area contributed by atoms with Gasteiger partial charge in [0.1, 0.15) is 0 Å². The smallest absolute Gasteiger partial charge is 0.0880 e. The minimum absolute atomic E-state index is 0.00227. The molecule has 88 valence electrons. The number of aliphatic hydroxyl groups is 2. The third-order valence-corrected chi connectivity index (χ3v) is 3.54. The highest BCUT2D eigenvalue weighted by molar-refractivity contribution is 5.07. The Hall–Kier alpha value is -0.340. The van der Waals surface area contributed by atoms with E-state index in [-0.39, 0.29) is 11.8 Å². The first-order chi connectivity index (χ1) is 7.01. The maximum absolute atomic E-state index is 10.5. The van der Waals surface area contributed by atoms with Crippen molar-refractivity contribution in [3.63, 3.8) is 0 Å². The van der Waals surface area contributed by atoms with Gasteiger partial charge in [-0.2, -0.15) is 0 Å². The van der Waals surface area contributed by atoms with Gasteiger partial charge in [0, 0.05) is 5.92 Å². The van der Waals surface area contributed by atoms with Crippen molar-refractivity contribution >= 4 is 0 Å². The van der Waals surface area contributed by atoms with Gasteiger partial charge in [0.05, 0.1) is 11.7 Å². The van der Waals surface area contributed by atoms with Crippen LogP contribution < -0.4 is 0 Å². The summed E-state index contributed by atoms with van der Waals surface area (Å²) in [5.74, 6) is 0.215. The third kappa shape index (κ3) is 2.82. The summed E-state index contributed by atoms with van der Waals surface area (Å²) >= 11 is 0. The van der Waals surface area contributed by atoms with Crippen LogP contribution in [0.15, 0.2) is 12.2 Å². The largest absolute Gasteiger partial charge is 0.392 e. The SMILES string of the molecule is C/C=C/[C@]1(O)CCCC[C@@H]1[C@H](O)C(C)C. The zero-order valence-electron chi connectivity index (χ0n) is 10.1. The summed E-state index contributed by atoms with van der Waals surface area (Å²) in [7, 11) is 0. The zero-order valence-corrected chi connectivity index (χ0v) is 10.1. The Morgan fingerprint density at radius 1 is 1.33 bits per heavy atom. The molecule has 2 nitrogen and oxygen atoms in total. The molecule has 1 aliphatic rings. The van der Waals surface area contributed by atoms with Crippen LogP contribution in [-0.2, 0) is 0 Å². The van der Waals surface area contributed by atoms with E-state index >= 15 is 0 Å². The van der Waals surface area contributed by atoms with Crippen molar-refractivity contribution in [3.05, 3.63) is 12.2 Å². The molecule has 0 aromatic heterocycles. The quantitative estimate of drug-likeness (QED) is 0.706. The van der Waals surface area contributed by atoms with Gasteiger partial charge in [-0.25, -0.2) is 0 Å². The van der Waals surface area contributed by atoms with Crippen LogP contribution in [0, 0.1) is 11.8 Å². The first kappa shape index (κ1) is 12.7. The van der Waals surface area contributed by atoms with E-state index in [1.165, 1.54) is 0 Å². The van der Waals surface area contributed by atoms with Crippen molar-refractivity contribution in [2.24, 2.45) is 11.8 Å². The van der Waals surface area contributed by atoms with E-state index in [0.717, 1.165) is 25.7 Å². The molecule has 0 saturated heterocycles. The molecule has 2 heteroatoms. The van der Waals surface area contributed by atoms with Crippen LogP contribution >= 0.6 is 0 Å². The monoisotopic (exact) mass is 212 g/mol. The van der Waals surface area contributed by atoms with Crippen molar-refractivity contribution in [1.82, 2.24) is 0 Å². The Morgan fingerprint density at radius 2 is 2.00 bits per heavy atom. The average molecular weight is 212 g/mol. The molecule has 3 atom stereocenters. The molecule has 0 aromatic carbocycles. The molecule has 1 fully saturated rings. The lowest BCUT2D eigenvalue weighted by molar-refractivity contribution is -0.0777. The number of aliphatic hydroxyl groups excluding tert-OH is 1. The Morgan fingerprint density at radius 3 is 2.53 bits per heavy atom. The molecule has 0 aromatic rings. The van der Waals surface area contributed by atoms with Crippen LogP contribution in [0.4, 0.5) is 0 Å². The summed E-state index contributed by atoms with van der Waals surface area (Å²) in [4.78, 5) is 0.